The minimum atomic E-state index is -1.24. The first-order valence-electron chi connectivity index (χ1n) is 10.1. The predicted molar refractivity (Wildman–Crippen MR) is 112 cm³/mol. The zero-order valence-corrected chi connectivity index (χ0v) is 17.8. The lowest BCUT2D eigenvalue weighted by Crippen LogP contribution is -2.38. The number of hydrogen-bond donors (Lipinski definition) is 3. The molecule has 3 N–H and O–H groups in total. The molecule has 0 aromatic heterocycles. The van der Waals surface area contributed by atoms with Gasteiger partial charge in [0.1, 0.15) is 17.3 Å². The fraction of sp³-hybridized carbons (Fsp3) is 0.318. The van der Waals surface area contributed by atoms with Crippen LogP contribution in [0.4, 0.5) is 20.2 Å². The number of rotatable bonds is 6. The molecule has 0 saturated heterocycles. The minimum absolute atomic E-state index is 0.140. The van der Waals surface area contributed by atoms with Gasteiger partial charge in [0, 0.05) is 0 Å². The van der Waals surface area contributed by atoms with Crippen molar-refractivity contribution in [1.82, 2.24) is 5.32 Å². The van der Waals surface area contributed by atoms with Crippen molar-refractivity contribution < 1.29 is 32.6 Å². The molecule has 0 spiro atoms. The molecule has 1 heterocycles. The van der Waals surface area contributed by atoms with Gasteiger partial charge in [-0.15, -0.1) is 0 Å². The van der Waals surface area contributed by atoms with Crippen LogP contribution in [0.25, 0.3) is 0 Å². The molecular formula is C22H23F2N3O5. The average Bonchev–Trinajstić information content (AvgIpc) is 2.77. The predicted octanol–water partition coefficient (Wildman–Crippen LogP) is 3.29. The maximum Gasteiger partial charge on any atom is 0.313 e. The Morgan fingerprint density at radius 2 is 1.94 bits per heavy atom. The van der Waals surface area contributed by atoms with Crippen molar-refractivity contribution in [3.05, 3.63) is 47.5 Å². The maximum atomic E-state index is 14.4. The third kappa shape index (κ3) is 4.79. The molecule has 3 rings (SSSR count). The molecule has 10 heteroatoms. The molecule has 2 unspecified atom stereocenters. The molecule has 0 aliphatic carbocycles. The topological polar surface area (TPSA) is 106 Å². The highest BCUT2D eigenvalue weighted by molar-refractivity contribution is 6.39. The second-order valence-corrected chi connectivity index (χ2v) is 7.08. The van der Waals surface area contributed by atoms with Gasteiger partial charge in [0.05, 0.1) is 18.3 Å². The van der Waals surface area contributed by atoms with Crippen LogP contribution in [0.5, 0.6) is 11.5 Å². The summed E-state index contributed by atoms with van der Waals surface area (Å²) in [6.45, 7) is 5.21. The van der Waals surface area contributed by atoms with Gasteiger partial charge in [-0.3, -0.25) is 14.4 Å². The summed E-state index contributed by atoms with van der Waals surface area (Å²) in [6.07, 6.45) is -0.134. The SMILES string of the molecule is CCOc1ccc(F)c(NC(=O)C(=O)NC(C)c2ccc3c(c2)OC(CC)C(=O)N3)c1F. The fourth-order valence-electron chi connectivity index (χ4n) is 3.13. The van der Waals surface area contributed by atoms with Crippen molar-refractivity contribution in [3.63, 3.8) is 0 Å². The summed E-state index contributed by atoms with van der Waals surface area (Å²) in [6, 6.07) is 6.31. The van der Waals surface area contributed by atoms with E-state index in [0.29, 0.717) is 23.4 Å². The van der Waals surface area contributed by atoms with Crippen LogP contribution in [-0.4, -0.2) is 30.4 Å². The number of anilines is 2. The molecule has 0 saturated carbocycles. The summed E-state index contributed by atoms with van der Waals surface area (Å²) >= 11 is 0. The largest absolute Gasteiger partial charge is 0.491 e. The van der Waals surface area contributed by atoms with Gasteiger partial charge < -0.3 is 25.4 Å². The smallest absolute Gasteiger partial charge is 0.313 e. The molecule has 8 nitrogen and oxygen atoms in total. The van der Waals surface area contributed by atoms with E-state index in [4.69, 9.17) is 9.47 Å². The molecule has 2 aromatic rings. The molecule has 1 aliphatic heterocycles. The van der Waals surface area contributed by atoms with Crippen LogP contribution in [-0.2, 0) is 14.4 Å². The summed E-state index contributed by atoms with van der Waals surface area (Å²) in [4.78, 5) is 36.4. The molecule has 2 aromatic carbocycles. The summed E-state index contributed by atoms with van der Waals surface area (Å²) in [5.41, 5.74) is 0.332. The van der Waals surface area contributed by atoms with Gasteiger partial charge in [-0.1, -0.05) is 13.0 Å². The second-order valence-electron chi connectivity index (χ2n) is 7.08. The van der Waals surface area contributed by atoms with E-state index in [0.717, 1.165) is 12.1 Å². The minimum Gasteiger partial charge on any atom is -0.491 e. The lowest BCUT2D eigenvalue weighted by atomic mass is 10.1. The summed E-state index contributed by atoms with van der Waals surface area (Å²) < 4.78 is 39.1. The van der Waals surface area contributed by atoms with E-state index < -0.39 is 41.3 Å². The number of amides is 3. The van der Waals surface area contributed by atoms with Gasteiger partial charge in [0.15, 0.2) is 17.7 Å². The molecule has 32 heavy (non-hydrogen) atoms. The van der Waals surface area contributed by atoms with Crippen LogP contribution in [0.1, 0.15) is 38.8 Å². The summed E-state index contributed by atoms with van der Waals surface area (Å²) in [5.74, 6) is -4.52. The van der Waals surface area contributed by atoms with E-state index >= 15 is 0 Å². The average molecular weight is 447 g/mol. The van der Waals surface area contributed by atoms with Crippen LogP contribution in [0.3, 0.4) is 0 Å². The van der Waals surface area contributed by atoms with E-state index in [1.807, 2.05) is 12.2 Å². The monoisotopic (exact) mass is 447 g/mol. The van der Waals surface area contributed by atoms with E-state index in [1.54, 1.807) is 32.0 Å². The number of halogens is 2. The van der Waals surface area contributed by atoms with Crippen LogP contribution in [0.15, 0.2) is 30.3 Å². The maximum absolute atomic E-state index is 14.4. The Labute approximate surface area is 183 Å². The zero-order valence-electron chi connectivity index (χ0n) is 17.8. The first-order valence-corrected chi connectivity index (χ1v) is 10.1. The standard InChI is InChI=1S/C22H23F2N3O5/c1-4-15-20(28)26-14-8-6-12(10-17(14)32-15)11(3)25-21(29)22(30)27-19-13(23)7-9-16(18(19)24)31-5-2/h6-11,15H,4-5H2,1-3H3,(H,25,29)(H,26,28)(H,27,30). The zero-order chi connectivity index (χ0) is 23.4. The Bertz CT molecular complexity index is 1060. The Kier molecular flexibility index (Phi) is 6.92. The lowest BCUT2D eigenvalue weighted by molar-refractivity contribution is -0.136. The molecule has 170 valence electrons. The van der Waals surface area contributed by atoms with Crippen LogP contribution in [0, 0.1) is 11.6 Å². The number of ether oxygens (including phenoxy) is 2. The molecule has 3 amide bonds. The van der Waals surface area contributed by atoms with Crippen molar-refractivity contribution in [3.8, 4) is 11.5 Å². The Morgan fingerprint density at radius 3 is 2.62 bits per heavy atom. The number of carbonyl (C=O) groups is 3. The van der Waals surface area contributed by atoms with Crippen molar-refractivity contribution in [2.24, 2.45) is 0 Å². The number of carbonyl (C=O) groups excluding carboxylic acids is 3. The first-order chi connectivity index (χ1) is 15.2. The third-order valence-corrected chi connectivity index (χ3v) is 4.84. The van der Waals surface area contributed by atoms with Gasteiger partial charge in [-0.05, 0) is 50.1 Å². The normalized spacial score (nSPS) is 15.7. The Morgan fingerprint density at radius 1 is 1.19 bits per heavy atom. The van der Waals surface area contributed by atoms with Gasteiger partial charge in [0.25, 0.3) is 5.91 Å². The third-order valence-electron chi connectivity index (χ3n) is 4.84. The van der Waals surface area contributed by atoms with Crippen molar-refractivity contribution in [2.45, 2.75) is 39.3 Å². The van der Waals surface area contributed by atoms with Gasteiger partial charge in [-0.25, -0.2) is 8.78 Å². The summed E-state index contributed by atoms with van der Waals surface area (Å²) in [5, 5.41) is 7.16. The molecule has 2 atom stereocenters. The number of fused-ring (bicyclic) bond motifs is 1. The van der Waals surface area contributed by atoms with E-state index in [-0.39, 0.29) is 18.3 Å². The Balaban J connectivity index is 1.69. The first kappa shape index (κ1) is 23.0. The summed E-state index contributed by atoms with van der Waals surface area (Å²) in [7, 11) is 0. The number of nitrogens with one attached hydrogen (secondary N) is 3. The second kappa shape index (κ2) is 9.63. The van der Waals surface area contributed by atoms with Crippen LogP contribution >= 0.6 is 0 Å². The van der Waals surface area contributed by atoms with E-state index in [9.17, 15) is 23.2 Å². The molecular weight excluding hydrogens is 424 g/mol. The lowest BCUT2D eigenvalue weighted by Gasteiger charge is -2.26. The molecule has 0 fully saturated rings. The van der Waals surface area contributed by atoms with E-state index in [1.165, 1.54) is 0 Å². The number of benzene rings is 2. The Hall–Kier alpha value is -3.69. The quantitative estimate of drug-likeness (QED) is 0.590. The van der Waals surface area contributed by atoms with Gasteiger partial charge in [0.2, 0.25) is 0 Å². The van der Waals surface area contributed by atoms with E-state index in [2.05, 4.69) is 10.6 Å². The highest BCUT2D eigenvalue weighted by Gasteiger charge is 2.27. The van der Waals surface area contributed by atoms with Crippen molar-refractivity contribution >= 4 is 29.1 Å². The molecule has 0 bridgehead atoms. The van der Waals surface area contributed by atoms with Crippen LogP contribution < -0.4 is 25.4 Å². The fourth-order valence-corrected chi connectivity index (χ4v) is 3.13. The highest BCUT2D eigenvalue weighted by Crippen LogP contribution is 2.33. The molecule has 0 radical (unpaired) electrons. The van der Waals surface area contributed by atoms with Crippen molar-refractivity contribution in [2.75, 3.05) is 17.2 Å². The number of hydrogen-bond acceptors (Lipinski definition) is 5. The van der Waals surface area contributed by atoms with Crippen molar-refractivity contribution in [1.29, 1.82) is 0 Å². The van der Waals surface area contributed by atoms with Gasteiger partial charge >= 0.3 is 11.8 Å². The van der Waals surface area contributed by atoms with Crippen LogP contribution in [0.2, 0.25) is 0 Å². The highest BCUT2D eigenvalue weighted by atomic mass is 19.1. The molecule has 1 aliphatic rings. The van der Waals surface area contributed by atoms with Gasteiger partial charge in [-0.2, -0.15) is 0 Å².